The van der Waals surface area contributed by atoms with Crippen molar-refractivity contribution in [2.45, 2.75) is 52.1 Å². The number of carbonyl (C=O) groups is 3. The summed E-state index contributed by atoms with van der Waals surface area (Å²) >= 11 is 0. The monoisotopic (exact) mass is 526 g/mol. The number of allylic oxidation sites excluding steroid dienone is 1. The zero-order valence-corrected chi connectivity index (χ0v) is 22.9. The SMILES string of the molecule is COc1ccc2nc(C(=O)N3C[C@@H]4C[C@H]3CN4C(=O)[C@@H](CC(=O)C3=Cc4ccccc4C3)C(C)(C)C)[nH]c2c1. The molecule has 2 aliphatic heterocycles. The van der Waals surface area contributed by atoms with Crippen molar-refractivity contribution < 1.29 is 19.1 Å². The molecule has 3 heterocycles. The van der Waals surface area contributed by atoms with Crippen molar-refractivity contribution >= 4 is 34.7 Å². The first-order valence-corrected chi connectivity index (χ1v) is 13.6. The van der Waals surface area contributed by atoms with E-state index in [0.717, 1.165) is 28.6 Å². The number of hydrogen-bond donors (Lipinski definition) is 1. The first-order valence-electron chi connectivity index (χ1n) is 13.6. The van der Waals surface area contributed by atoms with E-state index in [1.807, 2.05) is 73.0 Å². The Morgan fingerprint density at radius 1 is 1.08 bits per heavy atom. The maximum atomic E-state index is 13.9. The van der Waals surface area contributed by atoms with Crippen molar-refractivity contribution in [1.82, 2.24) is 19.8 Å². The molecule has 0 spiro atoms. The summed E-state index contributed by atoms with van der Waals surface area (Å²) in [5.41, 5.74) is 4.11. The largest absolute Gasteiger partial charge is 0.497 e. The fourth-order valence-electron chi connectivity index (χ4n) is 6.28. The van der Waals surface area contributed by atoms with E-state index in [4.69, 9.17) is 4.74 Å². The number of Topliss-reactive ketones (excluding diaryl/α,β-unsaturated/α-hetero) is 1. The van der Waals surface area contributed by atoms with Gasteiger partial charge in [-0.3, -0.25) is 14.4 Å². The quantitative estimate of drug-likeness (QED) is 0.518. The molecular weight excluding hydrogens is 492 g/mol. The molecule has 39 heavy (non-hydrogen) atoms. The number of piperazine rings is 1. The highest BCUT2D eigenvalue weighted by atomic mass is 16.5. The van der Waals surface area contributed by atoms with Gasteiger partial charge >= 0.3 is 0 Å². The van der Waals surface area contributed by atoms with Crippen LogP contribution in [0.3, 0.4) is 0 Å². The summed E-state index contributed by atoms with van der Waals surface area (Å²) in [6, 6.07) is 13.4. The highest BCUT2D eigenvalue weighted by Crippen LogP contribution is 2.38. The van der Waals surface area contributed by atoms with Crippen LogP contribution in [-0.2, 0) is 16.0 Å². The van der Waals surface area contributed by atoms with Gasteiger partial charge in [0.2, 0.25) is 5.91 Å². The van der Waals surface area contributed by atoms with Gasteiger partial charge in [-0.25, -0.2) is 4.98 Å². The number of imidazole rings is 1. The number of methoxy groups -OCH3 is 1. The molecule has 1 aliphatic carbocycles. The predicted octanol–water partition coefficient (Wildman–Crippen LogP) is 4.26. The molecule has 202 valence electrons. The van der Waals surface area contributed by atoms with E-state index in [-0.39, 0.29) is 41.5 Å². The average Bonchev–Trinajstić information content (AvgIpc) is 3.71. The number of hydrogen-bond acceptors (Lipinski definition) is 5. The number of fused-ring (bicyclic) bond motifs is 4. The molecule has 1 N–H and O–H groups in total. The number of rotatable bonds is 6. The number of amides is 2. The number of H-pyrrole nitrogens is 1. The van der Waals surface area contributed by atoms with Crippen molar-refractivity contribution in [1.29, 1.82) is 0 Å². The second-order valence-electron chi connectivity index (χ2n) is 12.1. The summed E-state index contributed by atoms with van der Waals surface area (Å²) in [5.74, 6) is 0.473. The van der Waals surface area contributed by atoms with Crippen molar-refractivity contribution in [2.24, 2.45) is 11.3 Å². The summed E-state index contributed by atoms with van der Waals surface area (Å²) in [5, 5.41) is 0. The van der Waals surface area contributed by atoms with Gasteiger partial charge in [0.15, 0.2) is 11.6 Å². The van der Waals surface area contributed by atoms with Gasteiger partial charge in [0, 0.05) is 37.6 Å². The molecule has 0 saturated carbocycles. The molecule has 2 amide bonds. The number of ether oxygens (including phenoxy) is 1. The van der Waals surface area contributed by atoms with Crippen LogP contribution in [0.1, 0.15) is 55.4 Å². The van der Waals surface area contributed by atoms with Gasteiger partial charge in [-0.05, 0) is 41.2 Å². The van der Waals surface area contributed by atoms with Gasteiger partial charge < -0.3 is 19.5 Å². The average molecular weight is 527 g/mol. The Morgan fingerprint density at radius 2 is 1.82 bits per heavy atom. The molecule has 1 aromatic heterocycles. The lowest BCUT2D eigenvalue weighted by Gasteiger charge is -2.38. The van der Waals surface area contributed by atoms with Crippen LogP contribution in [0, 0.1) is 11.3 Å². The molecular formula is C31H34N4O4. The van der Waals surface area contributed by atoms with E-state index in [9.17, 15) is 14.4 Å². The van der Waals surface area contributed by atoms with Crippen LogP contribution in [0.4, 0.5) is 0 Å². The van der Waals surface area contributed by atoms with Crippen molar-refractivity contribution in [2.75, 3.05) is 20.2 Å². The third-order valence-electron chi connectivity index (χ3n) is 8.53. The minimum absolute atomic E-state index is 0.0161. The number of nitrogens with zero attached hydrogens (tertiary/aromatic N) is 3. The lowest BCUT2D eigenvalue weighted by molar-refractivity contribution is -0.143. The van der Waals surface area contributed by atoms with Crippen LogP contribution in [0.15, 0.2) is 48.0 Å². The van der Waals surface area contributed by atoms with E-state index in [2.05, 4.69) is 16.0 Å². The normalized spacial score (nSPS) is 20.8. The predicted molar refractivity (Wildman–Crippen MR) is 148 cm³/mol. The van der Waals surface area contributed by atoms with Crippen LogP contribution in [0.2, 0.25) is 0 Å². The molecule has 2 saturated heterocycles. The molecule has 2 aromatic carbocycles. The van der Waals surface area contributed by atoms with E-state index in [0.29, 0.717) is 36.6 Å². The standard InChI is InChI=1S/C31H34N4O4/c1-31(2,3)24(15-27(36)20-11-18-7-5-6-8-19(18)12-20)29(37)34-16-22-13-21(34)17-35(22)30(38)28-32-25-10-9-23(39-4)14-26(25)33-28/h5-11,14,21-22,24H,12-13,15-17H2,1-4H3,(H,32,33)/t21-,22-,24+/m0/s1. The smallest absolute Gasteiger partial charge is 0.290 e. The number of aromatic nitrogens is 2. The molecule has 8 nitrogen and oxygen atoms in total. The summed E-state index contributed by atoms with van der Waals surface area (Å²) in [4.78, 5) is 52.0. The maximum absolute atomic E-state index is 13.9. The summed E-state index contributed by atoms with van der Waals surface area (Å²) in [6.45, 7) is 7.04. The molecule has 3 aliphatic rings. The van der Waals surface area contributed by atoms with Crippen LogP contribution in [0.5, 0.6) is 5.75 Å². The van der Waals surface area contributed by atoms with E-state index >= 15 is 0 Å². The van der Waals surface area contributed by atoms with E-state index in [1.54, 1.807) is 7.11 Å². The number of nitrogens with one attached hydrogen (secondary N) is 1. The van der Waals surface area contributed by atoms with Gasteiger partial charge in [0.1, 0.15) is 5.75 Å². The molecule has 0 unspecified atom stereocenters. The van der Waals surface area contributed by atoms with Crippen LogP contribution in [0.25, 0.3) is 17.1 Å². The highest BCUT2D eigenvalue weighted by molar-refractivity contribution is 6.03. The fraction of sp³-hybridized carbons (Fsp3) is 0.419. The van der Waals surface area contributed by atoms with Crippen molar-refractivity contribution in [3.63, 3.8) is 0 Å². The number of benzene rings is 2. The Morgan fingerprint density at radius 3 is 2.51 bits per heavy atom. The van der Waals surface area contributed by atoms with Crippen LogP contribution in [-0.4, -0.2) is 69.6 Å². The summed E-state index contributed by atoms with van der Waals surface area (Å²) in [6.07, 6.45) is 3.54. The Bertz CT molecular complexity index is 1510. The third-order valence-corrected chi connectivity index (χ3v) is 8.53. The first-order chi connectivity index (χ1) is 18.6. The lowest BCUT2D eigenvalue weighted by Crippen LogP contribution is -2.53. The molecule has 2 fully saturated rings. The molecule has 3 atom stereocenters. The molecule has 3 aromatic rings. The number of likely N-dealkylation sites (tertiary alicyclic amines) is 2. The number of carbonyl (C=O) groups excluding carboxylic acids is 3. The second kappa shape index (κ2) is 9.36. The number of aromatic amines is 1. The van der Waals surface area contributed by atoms with Crippen molar-refractivity contribution in [3.8, 4) is 5.75 Å². The van der Waals surface area contributed by atoms with Crippen LogP contribution >= 0.6 is 0 Å². The van der Waals surface area contributed by atoms with Gasteiger partial charge in [0.05, 0.1) is 36.1 Å². The summed E-state index contributed by atoms with van der Waals surface area (Å²) < 4.78 is 5.27. The van der Waals surface area contributed by atoms with Gasteiger partial charge in [-0.1, -0.05) is 45.0 Å². The summed E-state index contributed by atoms with van der Waals surface area (Å²) in [7, 11) is 1.60. The highest BCUT2D eigenvalue weighted by Gasteiger charge is 2.50. The van der Waals surface area contributed by atoms with Crippen molar-refractivity contribution in [3.05, 3.63) is 65.0 Å². The lowest BCUT2D eigenvalue weighted by atomic mass is 9.76. The Hall–Kier alpha value is -3.94. The molecule has 2 bridgehead atoms. The molecule has 8 heteroatoms. The zero-order chi connectivity index (χ0) is 27.5. The fourth-order valence-corrected chi connectivity index (χ4v) is 6.28. The van der Waals surface area contributed by atoms with E-state index in [1.165, 1.54) is 0 Å². The second-order valence-corrected chi connectivity index (χ2v) is 12.1. The Balaban J connectivity index is 1.14. The Kier molecular flexibility index (Phi) is 6.08. The van der Waals surface area contributed by atoms with E-state index < -0.39 is 5.92 Å². The molecule has 0 radical (unpaired) electrons. The zero-order valence-electron chi connectivity index (χ0n) is 22.9. The van der Waals surface area contributed by atoms with Gasteiger partial charge in [-0.2, -0.15) is 0 Å². The van der Waals surface area contributed by atoms with Crippen LogP contribution < -0.4 is 4.74 Å². The van der Waals surface area contributed by atoms with Gasteiger partial charge in [0.25, 0.3) is 5.91 Å². The minimum Gasteiger partial charge on any atom is -0.497 e. The first kappa shape index (κ1) is 25.3. The topological polar surface area (TPSA) is 95.6 Å². The number of ketones is 1. The Labute approximate surface area is 228 Å². The third kappa shape index (κ3) is 4.51. The van der Waals surface area contributed by atoms with Gasteiger partial charge in [-0.15, -0.1) is 0 Å². The minimum atomic E-state index is -0.427. The molecule has 6 rings (SSSR count). The maximum Gasteiger partial charge on any atom is 0.290 e.